The summed E-state index contributed by atoms with van der Waals surface area (Å²) in [6, 6.07) is 1.79. The summed E-state index contributed by atoms with van der Waals surface area (Å²) in [4.78, 5) is 0. The lowest BCUT2D eigenvalue weighted by atomic mass is 10.1. The lowest BCUT2D eigenvalue weighted by Crippen LogP contribution is -1.99. The van der Waals surface area contributed by atoms with Gasteiger partial charge >= 0.3 is 0 Å². The molecular formula is C12H12ClN3O3. The Morgan fingerprint density at radius 3 is 2.84 bits per heavy atom. The Bertz CT molecular complexity index is 654. The van der Waals surface area contributed by atoms with Crippen molar-refractivity contribution in [2.45, 2.75) is 0 Å². The molecule has 0 saturated carbocycles. The number of fused-ring (bicyclic) bond motifs is 1. The highest BCUT2D eigenvalue weighted by molar-refractivity contribution is 6.34. The number of rotatable bonds is 2. The summed E-state index contributed by atoms with van der Waals surface area (Å²) in [5, 5.41) is 4.48. The van der Waals surface area contributed by atoms with Crippen molar-refractivity contribution in [1.82, 2.24) is 9.78 Å². The van der Waals surface area contributed by atoms with E-state index in [4.69, 9.17) is 31.5 Å². The second-order valence-corrected chi connectivity index (χ2v) is 4.45. The smallest absolute Gasteiger partial charge is 0.231 e. The van der Waals surface area contributed by atoms with Crippen LogP contribution in [0, 0.1) is 0 Å². The average Bonchev–Trinajstić information content (AvgIpc) is 2.98. The fourth-order valence-electron chi connectivity index (χ4n) is 2.04. The molecule has 0 radical (unpaired) electrons. The third-order valence-corrected chi connectivity index (χ3v) is 3.38. The van der Waals surface area contributed by atoms with E-state index in [2.05, 4.69) is 5.10 Å². The normalized spacial score (nSPS) is 12.8. The van der Waals surface area contributed by atoms with E-state index in [0.717, 1.165) is 11.1 Å². The van der Waals surface area contributed by atoms with Gasteiger partial charge in [0.2, 0.25) is 6.79 Å². The lowest BCUT2D eigenvalue weighted by Gasteiger charge is -2.12. The summed E-state index contributed by atoms with van der Waals surface area (Å²) in [6.07, 6.45) is 1.66. The first-order valence-electron chi connectivity index (χ1n) is 5.57. The first-order valence-corrected chi connectivity index (χ1v) is 5.95. The highest BCUT2D eigenvalue weighted by Crippen LogP contribution is 2.50. The maximum atomic E-state index is 6.27. The summed E-state index contributed by atoms with van der Waals surface area (Å²) in [5.74, 6) is 2.08. The van der Waals surface area contributed by atoms with E-state index in [9.17, 15) is 0 Å². The first-order chi connectivity index (χ1) is 9.13. The van der Waals surface area contributed by atoms with Crippen molar-refractivity contribution < 1.29 is 14.2 Å². The Balaban J connectivity index is 2.26. The number of anilines is 1. The first kappa shape index (κ1) is 12.0. The molecule has 0 atom stereocenters. The Morgan fingerprint density at radius 2 is 2.21 bits per heavy atom. The van der Waals surface area contributed by atoms with Crippen LogP contribution in [-0.2, 0) is 7.05 Å². The summed E-state index contributed by atoms with van der Waals surface area (Å²) in [7, 11) is 3.30. The van der Waals surface area contributed by atoms with Gasteiger partial charge in [-0.2, -0.15) is 5.10 Å². The van der Waals surface area contributed by atoms with Crippen molar-refractivity contribution in [3.63, 3.8) is 0 Å². The van der Waals surface area contributed by atoms with Gasteiger partial charge in [0.1, 0.15) is 16.6 Å². The third-order valence-electron chi connectivity index (χ3n) is 3.04. The minimum atomic E-state index is 0.143. The van der Waals surface area contributed by atoms with E-state index >= 15 is 0 Å². The standard InChI is InChI=1S/C12H12ClN3O3/c1-16-12(14)7(4-15-16)6-3-8-11(19-5-18-8)9(13)10(6)17-2/h3-4H,5,14H2,1-2H3. The number of hydrogen-bond acceptors (Lipinski definition) is 5. The number of nitrogens with two attached hydrogens (primary N) is 1. The van der Waals surface area contributed by atoms with Gasteiger partial charge in [0.05, 0.1) is 13.3 Å². The number of benzene rings is 1. The van der Waals surface area contributed by atoms with Crippen LogP contribution in [0.4, 0.5) is 5.82 Å². The van der Waals surface area contributed by atoms with E-state index in [1.54, 1.807) is 31.1 Å². The second kappa shape index (κ2) is 4.24. The van der Waals surface area contributed by atoms with Gasteiger partial charge in [-0.3, -0.25) is 4.68 Å². The monoisotopic (exact) mass is 281 g/mol. The van der Waals surface area contributed by atoms with Crippen molar-refractivity contribution >= 4 is 17.4 Å². The summed E-state index contributed by atoms with van der Waals surface area (Å²) >= 11 is 6.27. The number of halogens is 1. The minimum Gasteiger partial charge on any atom is -0.494 e. The van der Waals surface area contributed by atoms with Crippen molar-refractivity contribution in [3.8, 4) is 28.4 Å². The SMILES string of the molecule is COc1c(-c2cnn(C)c2N)cc2c(c1Cl)OCO2. The zero-order valence-electron chi connectivity index (χ0n) is 10.4. The Hall–Kier alpha value is -2.08. The molecule has 2 heterocycles. The number of aryl methyl sites for hydroxylation is 1. The molecule has 6 nitrogen and oxygen atoms in total. The molecule has 0 aliphatic carbocycles. The third kappa shape index (κ3) is 1.67. The Kier molecular flexibility index (Phi) is 2.67. The molecule has 2 N–H and O–H groups in total. The van der Waals surface area contributed by atoms with Crippen molar-refractivity contribution in [1.29, 1.82) is 0 Å². The fourth-order valence-corrected chi connectivity index (χ4v) is 2.37. The predicted molar refractivity (Wildman–Crippen MR) is 70.7 cm³/mol. The van der Waals surface area contributed by atoms with Crippen LogP contribution in [0.5, 0.6) is 17.2 Å². The Labute approximate surface area is 114 Å². The molecular weight excluding hydrogens is 270 g/mol. The van der Waals surface area contributed by atoms with Crippen molar-refractivity contribution in [3.05, 3.63) is 17.3 Å². The molecule has 100 valence electrons. The van der Waals surface area contributed by atoms with Crippen LogP contribution in [-0.4, -0.2) is 23.7 Å². The summed E-state index contributed by atoms with van der Waals surface area (Å²) in [6.45, 7) is 0.143. The van der Waals surface area contributed by atoms with Gasteiger partial charge in [0.25, 0.3) is 0 Å². The van der Waals surface area contributed by atoms with Gasteiger partial charge in [-0.1, -0.05) is 11.6 Å². The molecule has 0 unspecified atom stereocenters. The lowest BCUT2D eigenvalue weighted by molar-refractivity contribution is 0.174. The highest BCUT2D eigenvalue weighted by atomic mass is 35.5. The fraction of sp³-hybridized carbons (Fsp3) is 0.250. The zero-order chi connectivity index (χ0) is 13.6. The minimum absolute atomic E-state index is 0.143. The van der Waals surface area contributed by atoms with Crippen molar-refractivity contribution in [2.24, 2.45) is 7.05 Å². The van der Waals surface area contributed by atoms with Gasteiger partial charge in [-0.05, 0) is 6.07 Å². The molecule has 0 amide bonds. The molecule has 1 aromatic heterocycles. The maximum Gasteiger partial charge on any atom is 0.231 e. The van der Waals surface area contributed by atoms with Crippen LogP contribution < -0.4 is 19.9 Å². The molecule has 0 spiro atoms. The second-order valence-electron chi connectivity index (χ2n) is 4.07. The molecule has 1 aromatic carbocycles. The van der Waals surface area contributed by atoms with Crippen LogP contribution >= 0.6 is 11.6 Å². The van der Waals surface area contributed by atoms with Crippen LogP contribution in [0.3, 0.4) is 0 Å². The van der Waals surface area contributed by atoms with Crippen LogP contribution in [0.15, 0.2) is 12.3 Å². The maximum absolute atomic E-state index is 6.27. The van der Waals surface area contributed by atoms with Crippen LogP contribution in [0.2, 0.25) is 5.02 Å². The molecule has 1 aliphatic rings. The van der Waals surface area contributed by atoms with E-state index in [0.29, 0.717) is 28.1 Å². The van der Waals surface area contributed by atoms with Gasteiger partial charge in [-0.15, -0.1) is 0 Å². The zero-order valence-corrected chi connectivity index (χ0v) is 11.2. The van der Waals surface area contributed by atoms with Gasteiger partial charge in [0, 0.05) is 18.2 Å². The van der Waals surface area contributed by atoms with Crippen molar-refractivity contribution in [2.75, 3.05) is 19.6 Å². The topological polar surface area (TPSA) is 71.5 Å². The molecule has 1 aliphatic heterocycles. The van der Waals surface area contributed by atoms with Crippen LogP contribution in [0.25, 0.3) is 11.1 Å². The number of ether oxygens (including phenoxy) is 3. The molecule has 3 rings (SSSR count). The van der Waals surface area contributed by atoms with Crippen LogP contribution in [0.1, 0.15) is 0 Å². The van der Waals surface area contributed by atoms with Gasteiger partial charge in [0.15, 0.2) is 11.5 Å². The van der Waals surface area contributed by atoms with Gasteiger partial charge in [-0.25, -0.2) is 0 Å². The quantitative estimate of drug-likeness (QED) is 0.912. The summed E-state index contributed by atoms with van der Waals surface area (Å²) < 4.78 is 17.6. The highest BCUT2D eigenvalue weighted by Gasteiger charge is 2.26. The molecule has 2 aromatic rings. The average molecular weight is 282 g/mol. The van der Waals surface area contributed by atoms with E-state index in [1.807, 2.05) is 0 Å². The van der Waals surface area contributed by atoms with E-state index in [-0.39, 0.29) is 6.79 Å². The van der Waals surface area contributed by atoms with E-state index in [1.165, 1.54) is 0 Å². The number of nitrogens with zero attached hydrogens (tertiary/aromatic N) is 2. The molecule has 0 fully saturated rings. The largest absolute Gasteiger partial charge is 0.494 e. The number of nitrogen functional groups attached to an aromatic ring is 1. The van der Waals surface area contributed by atoms with E-state index < -0.39 is 0 Å². The predicted octanol–water partition coefficient (Wildman–Crippen LogP) is 2.06. The molecule has 0 saturated heterocycles. The summed E-state index contributed by atoms with van der Waals surface area (Å²) in [5.41, 5.74) is 7.44. The number of methoxy groups -OCH3 is 1. The molecule has 0 bridgehead atoms. The Morgan fingerprint density at radius 1 is 1.42 bits per heavy atom. The molecule has 19 heavy (non-hydrogen) atoms. The molecule has 7 heteroatoms. The number of aromatic nitrogens is 2. The van der Waals surface area contributed by atoms with Gasteiger partial charge < -0.3 is 19.9 Å². The number of hydrogen-bond donors (Lipinski definition) is 1.